The molecule has 0 aliphatic carbocycles. The first kappa shape index (κ1) is 20.9. The predicted octanol–water partition coefficient (Wildman–Crippen LogP) is 3.29. The van der Waals surface area contributed by atoms with Crippen molar-refractivity contribution in [1.29, 1.82) is 0 Å². The van der Waals surface area contributed by atoms with Gasteiger partial charge in [0.2, 0.25) is 0 Å². The maximum atomic E-state index is 14.4. The molecule has 7 nitrogen and oxygen atoms in total. The van der Waals surface area contributed by atoms with Crippen molar-refractivity contribution < 1.29 is 18.7 Å². The molecule has 0 saturated carbocycles. The van der Waals surface area contributed by atoms with Crippen LogP contribution < -0.4 is 4.74 Å². The Morgan fingerprint density at radius 3 is 2.87 bits per heavy atom. The molecular formula is C23H23FN4O3. The van der Waals surface area contributed by atoms with Crippen LogP contribution in [0.15, 0.2) is 48.8 Å². The van der Waals surface area contributed by atoms with Gasteiger partial charge < -0.3 is 14.4 Å². The van der Waals surface area contributed by atoms with Crippen LogP contribution in [-0.4, -0.2) is 52.6 Å². The highest BCUT2D eigenvalue weighted by Gasteiger charge is 2.24. The van der Waals surface area contributed by atoms with Gasteiger partial charge in [-0.25, -0.2) is 14.4 Å². The van der Waals surface area contributed by atoms with Crippen LogP contribution in [-0.2, 0) is 17.7 Å². The molecule has 1 amide bonds. The largest absolute Gasteiger partial charge is 0.490 e. The third-order valence-electron chi connectivity index (χ3n) is 5.04. The van der Waals surface area contributed by atoms with Crippen molar-refractivity contribution in [2.24, 2.45) is 0 Å². The summed E-state index contributed by atoms with van der Waals surface area (Å²) in [5, 5.41) is 0. The summed E-state index contributed by atoms with van der Waals surface area (Å²) < 4.78 is 24.7. The molecule has 0 spiro atoms. The van der Waals surface area contributed by atoms with Crippen LogP contribution in [0.2, 0.25) is 0 Å². The number of halogens is 1. The summed E-state index contributed by atoms with van der Waals surface area (Å²) >= 11 is 0. The van der Waals surface area contributed by atoms with Crippen LogP contribution in [0.25, 0.3) is 11.5 Å². The van der Waals surface area contributed by atoms with E-state index in [1.54, 1.807) is 30.5 Å². The number of fused-ring (bicyclic) bond motifs is 1. The molecule has 0 radical (unpaired) electrons. The molecule has 4 rings (SSSR count). The van der Waals surface area contributed by atoms with Crippen LogP contribution in [0, 0.1) is 5.82 Å². The minimum absolute atomic E-state index is 0.132. The van der Waals surface area contributed by atoms with Gasteiger partial charge in [-0.2, -0.15) is 0 Å². The molecule has 3 heterocycles. The number of methoxy groups -OCH3 is 1. The Morgan fingerprint density at radius 2 is 2.10 bits per heavy atom. The molecule has 0 fully saturated rings. The lowest BCUT2D eigenvalue weighted by Gasteiger charge is -2.28. The molecule has 31 heavy (non-hydrogen) atoms. The van der Waals surface area contributed by atoms with E-state index in [9.17, 15) is 9.18 Å². The van der Waals surface area contributed by atoms with Crippen LogP contribution in [0.5, 0.6) is 5.75 Å². The highest BCUT2D eigenvalue weighted by atomic mass is 19.1. The van der Waals surface area contributed by atoms with Gasteiger partial charge >= 0.3 is 0 Å². The molecule has 3 aromatic rings. The number of carbonyl (C=O) groups excluding carboxylic acids is 1. The van der Waals surface area contributed by atoms with Crippen molar-refractivity contribution in [2.75, 3.05) is 26.9 Å². The molecule has 1 aromatic carbocycles. The SMILES string of the molecule is COCCCOc1ccc(C(=O)N2CCc3nc(-c4ccccn4)ncc3C2)cc1F. The van der Waals surface area contributed by atoms with E-state index in [0.717, 1.165) is 11.3 Å². The van der Waals surface area contributed by atoms with E-state index in [1.165, 1.54) is 12.1 Å². The molecule has 160 valence electrons. The Balaban J connectivity index is 1.43. The van der Waals surface area contributed by atoms with E-state index in [1.807, 2.05) is 18.2 Å². The second kappa shape index (κ2) is 9.61. The van der Waals surface area contributed by atoms with Crippen LogP contribution in [0.3, 0.4) is 0 Å². The van der Waals surface area contributed by atoms with E-state index in [0.29, 0.717) is 50.7 Å². The fourth-order valence-corrected chi connectivity index (χ4v) is 3.43. The molecule has 0 atom stereocenters. The lowest BCUT2D eigenvalue weighted by atomic mass is 10.1. The van der Waals surface area contributed by atoms with Gasteiger partial charge in [0.25, 0.3) is 5.91 Å². The fraction of sp³-hybridized carbons (Fsp3) is 0.304. The molecule has 1 aliphatic heterocycles. The standard InChI is InChI=1S/C23H23FN4O3/c1-30-11-4-12-31-21-7-6-16(13-18(21)24)23(29)28-10-8-19-17(15-28)14-26-22(27-19)20-5-2-3-9-25-20/h2-3,5-7,9,13-14H,4,8,10-12,15H2,1H3. The highest BCUT2D eigenvalue weighted by molar-refractivity contribution is 5.94. The van der Waals surface area contributed by atoms with E-state index >= 15 is 0 Å². The maximum Gasteiger partial charge on any atom is 0.254 e. The molecule has 8 heteroatoms. The molecule has 0 saturated heterocycles. The Morgan fingerprint density at radius 1 is 1.19 bits per heavy atom. The van der Waals surface area contributed by atoms with Gasteiger partial charge in [0.05, 0.1) is 12.3 Å². The van der Waals surface area contributed by atoms with Crippen molar-refractivity contribution in [2.45, 2.75) is 19.4 Å². The van der Waals surface area contributed by atoms with E-state index in [-0.39, 0.29) is 17.2 Å². The molecule has 0 N–H and O–H groups in total. The Hall–Kier alpha value is -3.39. The number of ether oxygens (including phenoxy) is 2. The average molecular weight is 422 g/mol. The number of benzene rings is 1. The van der Waals surface area contributed by atoms with E-state index in [2.05, 4.69) is 15.0 Å². The summed E-state index contributed by atoms with van der Waals surface area (Å²) in [4.78, 5) is 27.9. The summed E-state index contributed by atoms with van der Waals surface area (Å²) in [6, 6.07) is 9.90. The summed E-state index contributed by atoms with van der Waals surface area (Å²) in [7, 11) is 1.60. The van der Waals surface area contributed by atoms with Gasteiger partial charge in [0.1, 0.15) is 5.69 Å². The number of amides is 1. The number of carbonyl (C=O) groups is 1. The van der Waals surface area contributed by atoms with Gasteiger partial charge in [-0.15, -0.1) is 0 Å². The van der Waals surface area contributed by atoms with Gasteiger partial charge in [-0.05, 0) is 30.3 Å². The van der Waals surface area contributed by atoms with Crippen molar-refractivity contribution in [3.63, 3.8) is 0 Å². The average Bonchev–Trinajstić information content (AvgIpc) is 2.82. The van der Waals surface area contributed by atoms with Gasteiger partial charge in [0, 0.05) is 63.2 Å². The smallest absolute Gasteiger partial charge is 0.254 e. The normalized spacial score (nSPS) is 13.0. The quantitative estimate of drug-likeness (QED) is 0.544. The topological polar surface area (TPSA) is 77.4 Å². The van der Waals surface area contributed by atoms with Gasteiger partial charge in [0.15, 0.2) is 17.4 Å². The zero-order valence-corrected chi connectivity index (χ0v) is 17.3. The lowest BCUT2D eigenvalue weighted by Crippen LogP contribution is -2.36. The van der Waals surface area contributed by atoms with E-state index < -0.39 is 5.82 Å². The van der Waals surface area contributed by atoms with Crippen molar-refractivity contribution in [3.8, 4) is 17.3 Å². The fourth-order valence-electron chi connectivity index (χ4n) is 3.43. The van der Waals surface area contributed by atoms with Crippen molar-refractivity contribution in [1.82, 2.24) is 19.9 Å². The van der Waals surface area contributed by atoms with Crippen molar-refractivity contribution >= 4 is 5.91 Å². The summed E-state index contributed by atoms with van der Waals surface area (Å²) in [5.74, 6) is -0.0809. The first-order valence-corrected chi connectivity index (χ1v) is 10.1. The molecule has 0 unspecified atom stereocenters. The van der Waals surface area contributed by atoms with E-state index in [4.69, 9.17) is 9.47 Å². The minimum atomic E-state index is -0.552. The van der Waals surface area contributed by atoms with Crippen LogP contribution in [0.4, 0.5) is 4.39 Å². The zero-order chi connectivity index (χ0) is 21.6. The zero-order valence-electron chi connectivity index (χ0n) is 17.3. The number of aromatic nitrogens is 3. The summed E-state index contributed by atoms with van der Waals surface area (Å²) in [6.07, 6.45) is 4.71. The third kappa shape index (κ3) is 4.86. The molecule has 1 aliphatic rings. The number of pyridine rings is 1. The minimum Gasteiger partial charge on any atom is -0.490 e. The highest BCUT2D eigenvalue weighted by Crippen LogP contribution is 2.23. The van der Waals surface area contributed by atoms with Crippen LogP contribution in [0.1, 0.15) is 28.0 Å². The van der Waals surface area contributed by atoms with Crippen molar-refractivity contribution in [3.05, 3.63) is 71.4 Å². The number of hydrogen-bond donors (Lipinski definition) is 0. The Labute approximate surface area is 179 Å². The number of rotatable bonds is 7. The van der Waals surface area contributed by atoms with Gasteiger partial charge in [-0.3, -0.25) is 9.78 Å². The molecule has 0 bridgehead atoms. The first-order valence-electron chi connectivity index (χ1n) is 10.1. The van der Waals surface area contributed by atoms with Gasteiger partial charge in [-0.1, -0.05) is 6.07 Å². The summed E-state index contributed by atoms with van der Waals surface area (Å²) in [6.45, 7) is 1.78. The third-order valence-corrected chi connectivity index (χ3v) is 5.04. The second-order valence-corrected chi connectivity index (χ2v) is 7.20. The Kier molecular flexibility index (Phi) is 6.47. The summed E-state index contributed by atoms with van der Waals surface area (Å²) in [5.41, 5.74) is 2.79. The maximum absolute atomic E-state index is 14.4. The molecular weight excluding hydrogens is 399 g/mol. The van der Waals surface area contributed by atoms with Crippen LogP contribution >= 0.6 is 0 Å². The first-order chi connectivity index (χ1) is 15.2. The lowest BCUT2D eigenvalue weighted by molar-refractivity contribution is 0.0732. The number of hydrogen-bond acceptors (Lipinski definition) is 6. The predicted molar refractivity (Wildman–Crippen MR) is 112 cm³/mol. The Bertz CT molecular complexity index is 1060. The molecule has 2 aromatic heterocycles. The second-order valence-electron chi connectivity index (χ2n) is 7.20. The monoisotopic (exact) mass is 422 g/mol. The number of nitrogens with zero attached hydrogens (tertiary/aromatic N) is 4.